The third-order valence-electron chi connectivity index (χ3n) is 4.34. The maximum Gasteiger partial charge on any atom is 0.411 e. The third kappa shape index (κ3) is 4.14. The number of methoxy groups -OCH3 is 1. The molecule has 1 amide bonds. The summed E-state index contributed by atoms with van der Waals surface area (Å²) in [7, 11) is 1.30. The predicted octanol–water partition coefficient (Wildman–Crippen LogP) is 1.18. The number of nitrogens with zero attached hydrogens (tertiary/aromatic N) is 1. The minimum atomic E-state index is -0.794. The zero-order valence-electron chi connectivity index (χ0n) is 14.3. The zero-order valence-corrected chi connectivity index (χ0v) is 14.3. The van der Waals surface area contributed by atoms with Gasteiger partial charge >= 0.3 is 12.1 Å². The first-order valence-corrected chi connectivity index (χ1v) is 8.06. The number of likely N-dealkylation sites (tertiary alicyclic amines) is 1. The molecule has 0 radical (unpaired) electrons. The molecule has 0 saturated carbocycles. The van der Waals surface area contributed by atoms with Gasteiger partial charge in [0.1, 0.15) is 5.60 Å². The van der Waals surface area contributed by atoms with Crippen molar-refractivity contribution >= 4 is 12.1 Å². The Morgan fingerprint density at radius 2 is 2.04 bits per heavy atom. The van der Waals surface area contributed by atoms with Crippen molar-refractivity contribution in [1.29, 1.82) is 0 Å². The average Bonchev–Trinajstić information content (AvgIpc) is 2.70. The molecule has 2 unspecified atom stereocenters. The van der Waals surface area contributed by atoms with Crippen molar-refractivity contribution in [2.75, 3.05) is 26.9 Å². The number of aliphatic hydroxyl groups excluding tert-OH is 1. The van der Waals surface area contributed by atoms with Gasteiger partial charge in [0.15, 0.2) is 6.04 Å². The van der Waals surface area contributed by atoms with Gasteiger partial charge in [-0.2, -0.15) is 0 Å². The molecule has 1 N–H and O–H groups in total. The van der Waals surface area contributed by atoms with Gasteiger partial charge in [0.05, 0.1) is 13.2 Å². The van der Waals surface area contributed by atoms with E-state index in [0.29, 0.717) is 19.6 Å². The fourth-order valence-corrected chi connectivity index (χ4v) is 3.31. The molecule has 0 aromatic rings. The lowest BCUT2D eigenvalue weighted by molar-refractivity contribution is -0.150. The Labute approximate surface area is 136 Å². The molecule has 7 heteroatoms. The van der Waals surface area contributed by atoms with Crippen molar-refractivity contribution < 1.29 is 28.9 Å². The van der Waals surface area contributed by atoms with Gasteiger partial charge in [0.2, 0.25) is 0 Å². The first-order valence-electron chi connectivity index (χ1n) is 8.06. The summed E-state index contributed by atoms with van der Waals surface area (Å²) in [6, 6.07) is -0.794. The number of carbonyl (C=O) groups is 2. The Kier molecular flexibility index (Phi) is 5.52. The number of rotatable bonds is 2. The van der Waals surface area contributed by atoms with Gasteiger partial charge < -0.3 is 19.3 Å². The SMILES string of the molecule is COC(=O)C1C2OCC[C@@H](CO)C[C@H]2CN1C(=O)OC(C)(C)C. The number of carbonyl (C=O) groups excluding carboxylic acids is 2. The van der Waals surface area contributed by atoms with Crippen molar-refractivity contribution in [3.05, 3.63) is 0 Å². The molecule has 0 aliphatic carbocycles. The summed E-state index contributed by atoms with van der Waals surface area (Å²) in [4.78, 5) is 26.1. The van der Waals surface area contributed by atoms with Crippen molar-refractivity contribution in [3.63, 3.8) is 0 Å². The highest BCUT2D eigenvalue weighted by atomic mass is 16.6. The quantitative estimate of drug-likeness (QED) is 0.766. The van der Waals surface area contributed by atoms with E-state index in [1.54, 1.807) is 20.8 Å². The zero-order chi connectivity index (χ0) is 17.2. The Balaban J connectivity index is 2.21. The van der Waals surface area contributed by atoms with E-state index in [2.05, 4.69) is 0 Å². The summed E-state index contributed by atoms with van der Waals surface area (Å²) in [5.41, 5.74) is -0.642. The molecule has 2 aliphatic rings. The maximum absolute atomic E-state index is 12.5. The summed E-state index contributed by atoms with van der Waals surface area (Å²) >= 11 is 0. The van der Waals surface area contributed by atoms with E-state index in [9.17, 15) is 14.7 Å². The topological polar surface area (TPSA) is 85.3 Å². The monoisotopic (exact) mass is 329 g/mol. The first kappa shape index (κ1) is 18.0. The molecule has 4 atom stereocenters. The minimum Gasteiger partial charge on any atom is -0.467 e. The summed E-state index contributed by atoms with van der Waals surface area (Å²) in [6.07, 6.45) is 0.522. The van der Waals surface area contributed by atoms with Crippen LogP contribution in [0.5, 0.6) is 0 Å². The summed E-state index contributed by atoms with van der Waals surface area (Å²) < 4.78 is 16.1. The Morgan fingerprint density at radius 3 is 2.61 bits per heavy atom. The van der Waals surface area contributed by atoms with E-state index >= 15 is 0 Å². The van der Waals surface area contributed by atoms with Gasteiger partial charge in [0.25, 0.3) is 0 Å². The van der Waals surface area contributed by atoms with Gasteiger partial charge in [-0.3, -0.25) is 4.90 Å². The fraction of sp³-hybridized carbons (Fsp3) is 0.875. The molecular weight excluding hydrogens is 302 g/mol. The number of hydrogen-bond donors (Lipinski definition) is 1. The fourth-order valence-electron chi connectivity index (χ4n) is 3.31. The number of ether oxygens (including phenoxy) is 3. The molecule has 0 bridgehead atoms. The second-order valence-electron chi connectivity index (χ2n) is 7.27. The van der Waals surface area contributed by atoms with Crippen LogP contribution in [0.3, 0.4) is 0 Å². The molecule has 2 rings (SSSR count). The van der Waals surface area contributed by atoms with Crippen molar-refractivity contribution in [2.45, 2.75) is 51.4 Å². The van der Waals surface area contributed by atoms with Gasteiger partial charge in [-0.05, 0) is 39.5 Å². The van der Waals surface area contributed by atoms with E-state index in [1.807, 2.05) is 0 Å². The standard InChI is InChI=1S/C16H27NO6/c1-16(2,3)23-15(20)17-8-11-7-10(9-18)5-6-22-13(11)12(17)14(19)21-4/h10-13,18H,5-9H2,1-4H3/t10-,11+,12?,13?/m1/s1. The lowest BCUT2D eigenvalue weighted by atomic mass is 9.90. The Hall–Kier alpha value is -1.34. The largest absolute Gasteiger partial charge is 0.467 e. The summed E-state index contributed by atoms with van der Waals surface area (Å²) in [5.74, 6) is -0.376. The molecule has 2 heterocycles. The van der Waals surface area contributed by atoms with E-state index in [4.69, 9.17) is 14.2 Å². The molecule has 132 valence electrons. The van der Waals surface area contributed by atoms with Gasteiger partial charge in [0, 0.05) is 25.7 Å². The molecule has 23 heavy (non-hydrogen) atoms. The number of hydrogen-bond acceptors (Lipinski definition) is 6. The van der Waals surface area contributed by atoms with Crippen LogP contribution in [-0.4, -0.2) is 66.7 Å². The van der Waals surface area contributed by atoms with Crippen LogP contribution < -0.4 is 0 Å². The molecule has 2 saturated heterocycles. The van der Waals surface area contributed by atoms with Crippen LogP contribution in [0.4, 0.5) is 4.79 Å². The number of aliphatic hydroxyl groups is 1. The minimum absolute atomic E-state index is 0.00808. The van der Waals surface area contributed by atoms with Gasteiger partial charge in [-0.25, -0.2) is 9.59 Å². The lowest BCUT2D eigenvalue weighted by Crippen LogP contribution is -2.48. The van der Waals surface area contributed by atoms with E-state index in [-0.39, 0.29) is 18.4 Å². The highest BCUT2D eigenvalue weighted by Crippen LogP contribution is 2.36. The average molecular weight is 329 g/mol. The summed E-state index contributed by atoms with van der Waals surface area (Å²) in [6.45, 7) is 6.26. The van der Waals surface area contributed by atoms with Crippen LogP contribution in [0, 0.1) is 11.8 Å². The molecule has 0 spiro atoms. The van der Waals surface area contributed by atoms with Crippen LogP contribution >= 0.6 is 0 Å². The molecule has 7 nitrogen and oxygen atoms in total. The molecule has 0 aromatic heterocycles. The molecule has 2 fully saturated rings. The molecule has 2 aliphatic heterocycles. The van der Waals surface area contributed by atoms with Crippen LogP contribution in [-0.2, 0) is 19.0 Å². The first-order chi connectivity index (χ1) is 10.8. The molecular formula is C16H27NO6. The highest BCUT2D eigenvalue weighted by molar-refractivity contribution is 5.83. The predicted molar refractivity (Wildman–Crippen MR) is 81.8 cm³/mol. The van der Waals surface area contributed by atoms with Crippen molar-refractivity contribution in [3.8, 4) is 0 Å². The van der Waals surface area contributed by atoms with Crippen molar-refractivity contribution in [1.82, 2.24) is 4.90 Å². The Morgan fingerprint density at radius 1 is 1.35 bits per heavy atom. The Bertz CT molecular complexity index is 446. The highest BCUT2D eigenvalue weighted by Gasteiger charge is 2.51. The van der Waals surface area contributed by atoms with Gasteiger partial charge in [-0.1, -0.05) is 0 Å². The van der Waals surface area contributed by atoms with Gasteiger partial charge in [-0.15, -0.1) is 0 Å². The lowest BCUT2D eigenvalue weighted by Gasteiger charge is -2.28. The van der Waals surface area contributed by atoms with E-state index in [1.165, 1.54) is 12.0 Å². The van der Waals surface area contributed by atoms with Crippen LogP contribution in [0.15, 0.2) is 0 Å². The summed E-state index contributed by atoms with van der Waals surface area (Å²) in [5, 5.41) is 9.43. The van der Waals surface area contributed by atoms with Crippen LogP contribution in [0.25, 0.3) is 0 Å². The second kappa shape index (κ2) is 7.05. The number of esters is 1. The second-order valence-corrected chi connectivity index (χ2v) is 7.27. The number of fused-ring (bicyclic) bond motifs is 1. The van der Waals surface area contributed by atoms with Crippen LogP contribution in [0.1, 0.15) is 33.6 Å². The van der Waals surface area contributed by atoms with E-state index in [0.717, 1.165) is 6.42 Å². The normalized spacial score (nSPS) is 31.3. The number of amides is 1. The maximum atomic E-state index is 12.5. The van der Waals surface area contributed by atoms with Crippen LogP contribution in [0.2, 0.25) is 0 Å². The smallest absolute Gasteiger partial charge is 0.411 e. The molecule has 0 aromatic carbocycles. The van der Waals surface area contributed by atoms with E-state index < -0.39 is 29.8 Å². The third-order valence-corrected chi connectivity index (χ3v) is 4.34. The van der Waals surface area contributed by atoms with Crippen molar-refractivity contribution in [2.24, 2.45) is 11.8 Å².